The lowest BCUT2D eigenvalue weighted by atomic mass is 9.82. The molecule has 3 saturated heterocycles. The highest BCUT2D eigenvalue weighted by Crippen LogP contribution is 2.34. The zero-order valence-electron chi connectivity index (χ0n) is 30.1. The first kappa shape index (κ1) is 36.1. The Bertz CT molecular complexity index is 1940. The van der Waals surface area contributed by atoms with Gasteiger partial charge in [0.1, 0.15) is 5.52 Å². The number of nitrogens with one attached hydrogen (secondary N) is 1. The summed E-state index contributed by atoms with van der Waals surface area (Å²) in [5, 5.41) is 22.1. The predicted molar refractivity (Wildman–Crippen MR) is 195 cm³/mol. The molecule has 2 unspecified atom stereocenters. The number of aromatic nitrogens is 3. The highest BCUT2D eigenvalue weighted by molar-refractivity contribution is 7.88. The van der Waals surface area contributed by atoms with Crippen LogP contribution >= 0.6 is 0 Å². The molecule has 0 radical (unpaired) electrons. The number of urea groups is 1. The summed E-state index contributed by atoms with van der Waals surface area (Å²) in [6.07, 6.45) is 3.52. The van der Waals surface area contributed by atoms with Crippen LogP contribution in [-0.4, -0.2) is 147 Å². The summed E-state index contributed by atoms with van der Waals surface area (Å²) in [5.41, 5.74) is 5.33. The SMILES string of the molecule is Cc1cc(CC(C(=O)N2CCC(N3CCN(S(C)(=O)=O)CC3)CC2)[C@H]2CC(N3CCc4ccccc4NC3=O)CCN2C(=O)O)cc2nnn(C)c12. The summed E-state index contributed by atoms with van der Waals surface area (Å²) < 4.78 is 27.3. The van der Waals surface area contributed by atoms with Crippen molar-refractivity contribution >= 4 is 44.8 Å². The van der Waals surface area contributed by atoms with Crippen LogP contribution in [0.3, 0.4) is 0 Å². The second kappa shape index (κ2) is 14.6. The molecule has 0 spiro atoms. The van der Waals surface area contributed by atoms with Gasteiger partial charge in [0.25, 0.3) is 0 Å². The molecule has 7 rings (SSSR count). The molecule has 2 N–H and O–H groups in total. The molecule has 2 aromatic carbocycles. The van der Waals surface area contributed by atoms with Crippen LogP contribution in [0.2, 0.25) is 0 Å². The minimum absolute atomic E-state index is 0.0816. The summed E-state index contributed by atoms with van der Waals surface area (Å²) in [6, 6.07) is 10.9. The maximum atomic E-state index is 14.8. The summed E-state index contributed by atoms with van der Waals surface area (Å²) in [4.78, 5) is 48.7. The second-order valence-electron chi connectivity index (χ2n) is 14.8. The van der Waals surface area contributed by atoms with Gasteiger partial charge in [0.2, 0.25) is 15.9 Å². The number of carbonyl (C=O) groups is 3. The van der Waals surface area contributed by atoms with Crippen LogP contribution in [0.15, 0.2) is 36.4 Å². The van der Waals surface area contributed by atoms with Crippen LogP contribution in [0.5, 0.6) is 0 Å². The number of carboxylic acid groups (broad SMARTS) is 1. The van der Waals surface area contributed by atoms with E-state index in [1.165, 1.54) is 15.5 Å². The molecule has 52 heavy (non-hydrogen) atoms. The van der Waals surface area contributed by atoms with Crippen molar-refractivity contribution in [1.82, 2.24) is 38.9 Å². The van der Waals surface area contributed by atoms with Crippen LogP contribution in [0, 0.1) is 12.8 Å². The lowest BCUT2D eigenvalue weighted by molar-refractivity contribution is -0.140. The van der Waals surface area contributed by atoms with Gasteiger partial charge >= 0.3 is 12.1 Å². The molecule has 3 fully saturated rings. The van der Waals surface area contributed by atoms with E-state index in [0.29, 0.717) is 71.5 Å². The minimum atomic E-state index is -3.23. The Morgan fingerprint density at radius 2 is 1.69 bits per heavy atom. The maximum absolute atomic E-state index is 14.8. The van der Waals surface area contributed by atoms with Crippen LogP contribution < -0.4 is 5.32 Å². The van der Waals surface area contributed by atoms with Gasteiger partial charge in [-0.3, -0.25) is 9.69 Å². The predicted octanol–water partition coefficient (Wildman–Crippen LogP) is 2.60. The molecule has 0 aliphatic carbocycles. The Kier molecular flexibility index (Phi) is 10.2. The molecule has 0 bridgehead atoms. The molecule has 4 aliphatic heterocycles. The minimum Gasteiger partial charge on any atom is -0.465 e. The van der Waals surface area contributed by atoms with E-state index < -0.39 is 28.1 Å². The fourth-order valence-electron chi connectivity index (χ4n) is 8.96. The fourth-order valence-corrected chi connectivity index (χ4v) is 9.78. The molecule has 5 heterocycles. The maximum Gasteiger partial charge on any atom is 0.407 e. The quantitative estimate of drug-likeness (QED) is 0.371. The smallest absolute Gasteiger partial charge is 0.407 e. The van der Waals surface area contributed by atoms with E-state index in [2.05, 4.69) is 20.5 Å². The van der Waals surface area contributed by atoms with Gasteiger partial charge in [-0.2, -0.15) is 4.31 Å². The first-order chi connectivity index (χ1) is 24.9. The number of anilines is 1. The number of nitrogens with zero attached hydrogens (tertiary/aromatic N) is 8. The van der Waals surface area contributed by atoms with Crippen LogP contribution in [0.25, 0.3) is 11.0 Å². The van der Waals surface area contributed by atoms with E-state index in [-0.39, 0.29) is 30.6 Å². The van der Waals surface area contributed by atoms with Crippen molar-refractivity contribution in [2.45, 2.75) is 63.6 Å². The van der Waals surface area contributed by atoms with E-state index in [9.17, 15) is 27.9 Å². The van der Waals surface area contributed by atoms with Crippen LogP contribution in [0.4, 0.5) is 15.3 Å². The van der Waals surface area contributed by atoms with Crippen molar-refractivity contribution in [2.75, 3.05) is 63.9 Å². The van der Waals surface area contributed by atoms with Crippen molar-refractivity contribution < 1.29 is 27.9 Å². The van der Waals surface area contributed by atoms with Gasteiger partial charge in [0.05, 0.1) is 17.7 Å². The number of sulfonamides is 1. The number of hydrogen-bond donors (Lipinski definition) is 2. The van der Waals surface area contributed by atoms with Crippen molar-refractivity contribution in [3.05, 3.63) is 53.1 Å². The van der Waals surface area contributed by atoms with Crippen LogP contribution in [-0.2, 0) is 34.7 Å². The second-order valence-corrected chi connectivity index (χ2v) is 16.8. The average molecular weight is 736 g/mol. The van der Waals surface area contributed by atoms with Crippen molar-refractivity contribution in [3.63, 3.8) is 0 Å². The van der Waals surface area contributed by atoms with E-state index in [0.717, 1.165) is 46.3 Å². The lowest BCUT2D eigenvalue weighted by Gasteiger charge is -2.46. The van der Waals surface area contributed by atoms with Gasteiger partial charge in [-0.15, -0.1) is 5.10 Å². The molecule has 0 saturated carbocycles. The third kappa shape index (κ3) is 7.33. The molecule has 16 heteroatoms. The molecule has 3 atom stereocenters. The van der Waals surface area contributed by atoms with Gasteiger partial charge < -0.3 is 25.1 Å². The number of para-hydroxylation sites is 1. The lowest BCUT2D eigenvalue weighted by Crippen LogP contribution is -2.59. The van der Waals surface area contributed by atoms with Gasteiger partial charge in [-0.1, -0.05) is 29.5 Å². The monoisotopic (exact) mass is 735 g/mol. The molecule has 280 valence electrons. The molecule has 15 nitrogen and oxygen atoms in total. The van der Waals surface area contributed by atoms with E-state index in [1.54, 1.807) is 4.68 Å². The normalized spacial score (nSPS) is 23.3. The summed E-state index contributed by atoms with van der Waals surface area (Å²) in [7, 11) is -1.38. The third-order valence-electron chi connectivity index (χ3n) is 11.7. The number of benzene rings is 2. The highest BCUT2D eigenvalue weighted by Gasteiger charge is 2.44. The van der Waals surface area contributed by atoms with Gasteiger partial charge in [-0.25, -0.2) is 22.7 Å². The number of likely N-dealkylation sites (tertiary alicyclic amines) is 2. The zero-order valence-corrected chi connectivity index (χ0v) is 31.0. The third-order valence-corrected chi connectivity index (χ3v) is 13.0. The Morgan fingerprint density at radius 1 is 0.981 bits per heavy atom. The highest BCUT2D eigenvalue weighted by atomic mass is 32.2. The zero-order chi connectivity index (χ0) is 36.7. The molecule has 1 aromatic heterocycles. The van der Waals surface area contributed by atoms with Crippen molar-refractivity contribution in [1.29, 1.82) is 0 Å². The summed E-state index contributed by atoms with van der Waals surface area (Å²) >= 11 is 0. The largest absolute Gasteiger partial charge is 0.465 e. The Hall–Kier alpha value is -4.28. The van der Waals surface area contributed by atoms with Crippen molar-refractivity contribution in [2.24, 2.45) is 13.0 Å². The van der Waals surface area contributed by atoms with Gasteiger partial charge in [0, 0.05) is 83.2 Å². The number of fused-ring (bicyclic) bond motifs is 2. The van der Waals surface area contributed by atoms with Crippen LogP contribution in [0.1, 0.15) is 42.4 Å². The Morgan fingerprint density at radius 3 is 2.40 bits per heavy atom. The standard InChI is InChI=1S/C36H49N9O6S/c1-24-20-25(22-31-33(24)40(2)39-38-31)21-29(34(46)42-12-9-27(10-13-42)41-16-18-43(19-17-41)52(3,50)51)32-23-28(11-15-45(32)36(48)49)44-14-8-26-6-4-5-7-30(26)37-35(44)47/h4-7,20,22,27-29,32H,8-19,21,23H2,1-3H3,(H,37,47)(H,48,49)/t28?,29?,32-/m1/s1. The van der Waals surface area contributed by atoms with E-state index in [4.69, 9.17) is 0 Å². The summed E-state index contributed by atoms with van der Waals surface area (Å²) in [5.74, 6) is -0.767. The number of aryl methyl sites for hydroxylation is 2. The molecule has 4 aliphatic rings. The van der Waals surface area contributed by atoms with Gasteiger partial charge in [0.15, 0.2) is 0 Å². The summed E-state index contributed by atoms with van der Waals surface area (Å²) in [6.45, 7) is 6.01. The number of amides is 4. The average Bonchev–Trinajstić information content (AvgIpc) is 3.42. The van der Waals surface area contributed by atoms with E-state index in [1.807, 2.05) is 60.2 Å². The Labute approximate surface area is 304 Å². The first-order valence-corrected chi connectivity index (χ1v) is 20.1. The number of piperidine rings is 2. The number of rotatable bonds is 7. The number of piperazine rings is 1. The van der Waals surface area contributed by atoms with E-state index >= 15 is 0 Å². The number of hydrogen-bond acceptors (Lipinski definition) is 8. The number of carbonyl (C=O) groups excluding carboxylic acids is 2. The molecular formula is C36H49N9O6S. The Balaban J connectivity index is 1.13. The molecular weight excluding hydrogens is 687 g/mol. The topological polar surface area (TPSA) is 165 Å². The van der Waals surface area contributed by atoms with Gasteiger partial charge in [-0.05, 0) is 74.3 Å². The molecule has 4 amide bonds. The molecule has 3 aromatic rings. The van der Waals surface area contributed by atoms with Crippen molar-refractivity contribution in [3.8, 4) is 0 Å². The first-order valence-electron chi connectivity index (χ1n) is 18.3. The fraction of sp³-hybridized carbons (Fsp3) is 0.583.